The zero-order valence-electron chi connectivity index (χ0n) is 14.0. The largest absolute Gasteiger partial charge is 0.462 e. The van der Waals surface area contributed by atoms with E-state index >= 15 is 0 Å². The van der Waals surface area contributed by atoms with E-state index in [1.165, 1.54) is 0 Å². The number of anilines is 1. The van der Waals surface area contributed by atoms with Crippen LogP contribution in [-0.4, -0.2) is 27.8 Å². The van der Waals surface area contributed by atoms with Crippen LogP contribution in [0.1, 0.15) is 34.2 Å². The maximum absolute atomic E-state index is 12.3. The van der Waals surface area contributed by atoms with E-state index < -0.39 is 0 Å². The fourth-order valence-corrected chi connectivity index (χ4v) is 2.71. The summed E-state index contributed by atoms with van der Waals surface area (Å²) in [5, 5.41) is 11.5. The van der Waals surface area contributed by atoms with Crippen molar-refractivity contribution >= 4 is 22.6 Å². The fourth-order valence-electron chi connectivity index (χ4n) is 2.71. The minimum atomic E-state index is -0.376. The van der Waals surface area contributed by atoms with Crippen LogP contribution < -0.4 is 5.32 Å². The van der Waals surface area contributed by atoms with Gasteiger partial charge in [0.15, 0.2) is 0 Å². The van der Waals surface area contributed by atoms with Crippen LogP contribution in [0.5, 0.6) is 0 Å². The number of aryl methyl sites for hydroxylation is 2. The second-order valence-electron chi connectivity index (χ2n) is 5.55. The standard InChI is InChI=1S/C18H20N4O2/c1-4-24-18(23)15-10-19-16-8-6-5-7-13(16)17(15)20-9-14-11(2)21-22-12(14)3/h5-8,10H,4,9H2,1-3H3,(H,19,20)(H,21,22). The van der Waals surface area contributed by atoms with Gasteiger partial charge in [-0.2, -0.15) is 5.10 Å². The lowest BCUT2D eigenvalue weighted by atomic mass is 10.1. The Labute approximate surface area is 140 Å². The van der Waals surface area contributed by atoms with Crippen molar-refractivity contribution < 1.29 is 9.53 Å². The normalized spacial score (nSPS) is 10.8. The highest BCUT2D eigenvalue weighted by Crippen LogP contribution is 2.27. The van der Waals surface area contributed by atoms with Crippen molar-refractivity contribution in [3.63, 3.8) is 0 Å². The van der Waals surface area contributed by atoms with Crippen LogP contribution in [0.15, 0.2) is 30.5 Å². The number of fused-ring (bicyclic) bond motifs is 1. The van der Waals surface area contributed by atoms with Crippen molar-refractivity contribution in [2.75, 3.05) is 11.9 Å². The lowest BCUT2D eigenvalue weighted by Crippen LogP contribution is -2.11. The number of hydrogen-bond donors (Lipinski definition) is 2. The summed E-state index contributed by atoms with van der Waals surface area (Å²) in [6, 6.07) is 7.72. The third-order valence-electron chi connectivity index (χ3n) is 3.99. The van der Waals surface area contributed by atoms with E-state index in [1.807, 2.05) is 38.1 Å². The average Bonchev–Trinajstić information content (AvgIpc) is 2.91. The molecule has 0 aliphatic carbocycles. The first kappa shape index (κ1) is 16.0. The number of esters is 1. The summed E-state index contributed by atoms with van der Waals surface area (Å²) in [5.41, 5.74) is 5.04. The predicted molar refractivity (Wildman–Crippen MR) is 93.1 cm³/mol. The molecule has 2 heterocycles. The molecule has 0 fully saturated rings. The van der Waals surface area contributed by atoms with Gasteiger partial charge in [0, 0.05) is 29.4 Å². The second kappa shape index (κ2) is 6.70. The summed E-state index contributed by atoms with van der Waals surface area (Å²) in [5.74, 6) is -0.376. The summed E-state index contributed by atoms with van der Waals surface area (Å²) in [6.45, 7) is 6.61. The number of H-pyrrole nitrogens is 1. The molecule has 0 atom stereocenters. The number of carbonyl (C=O) groups is 1. The molecule has 0 saturated heterocycles. The number of benzene rings is 1. The van der Waals surface area contributed by atoms with Gasteiger partial charge in [0.1, 0.15) is 5.56 Å². The highest BCUT2D eigenvalue weighted by atomic mass is 16.5. The molecule has 2 aromatic heterocycles. The van der Waals surface area contributed by atoms with E-state index in [1.54, 1.807) is 13.1 Å². The monoisotopic (exact) mass is 324 g/mol. The van der Waals surface area contributed by atoms with Crippen molar-refractivity contribution in [3.8, 4) is 0 Å². The van der Waals surface area contributed by atoms with Crippen LogP contribution in [0, 0.1) is 13.8 Å². The molecule has 0 radical (unpaired) electrons. The zero-order valence-corrected chi connectivity index (χ0v) is 14.0. The first-order valence-corrected chi connectivity index (χ1v) is 7.91. The van der Waals surface area contributed by atoms with E-state index in [2.05, 4.69) is 20.5 Å². The van der Waals surface area contributed by atoms with E-state index in [9.17, 15) is 4.79 Å². The lowest BCUT2D eigenvalue weighted by molar-refractivity contribution is 0.0527. The van der Waals surface area contributed by atoms with Crippen LogP contribution >= 0.6 is 0 Å². The molecular formula is C18H20N4O2. The number of nitrogens with one attached hydrogen (secondary N) is 2. The minimum Gasteiger partial charge on any atom is -0.462 e. The first-order chi connectivity index (χ1) is 11.6. The topological polar surface area (TPSA) is 79.9 Å². The highest BCUT2D eigenvalue weighted by molar-refractivity contribution is 6.04. The Morgan fingerprint density at radius 2 is 2.08 bits per heavy atom. The highest BCUT2D eigenvalue weighted by Gasteiger charge is 2.17. The van der Waals surface area contributed by atoms with Crippen molar-refractivity contribution in [3.05, 3.63) is 53.0 Å². The summed E-state index contributed by atoms with van der Waals surface area (Å²) in [7, 11) is 0. The molecule has 0 aliphatic rings. The van der Waals surface area contributed by atoms with Gasteiger partial charge in [-0.3, -0.25) is 10.1 Å². The third kappa shape index (κ3) is 2.95. The number of aromatic amines is 1. The summed E-state index contributed by atoms with van der Waals surface area (Å²) >= 11 is 0. The number of hydrogen-bond acceptors (Lipinski definition) is 5. The van der Waals surface area contributed by atoms with Gasteiger partial charge in [0.25, 0.3) is 0 Å². The average molecular weight is 324 g/mol. The number of pyridine rings is 1. The maximum Gasteiger partial charge on any atom is 0.341 e. The number of para-hydroxylation sites is 1. The molecule has 1 aromatic carbocycles. The number of aromatic nitrogens is 3. The fraction of sp³-hybridized carbons (Fsp3) is 0.278. The molecular weight excluding hydrogens is 304 g/mol. The molecule has 3 rings (SSSR count). The SMILES string of the molecule is CCOC(=O)c1cnc2ccccc2c1NCc1c(C)n[nH]c1C. The molecule has 124 valence electrons. The van der Waals surface area contributed by atoms with E-state index in [4.69, 9.17) is 4.74 Å². The van der Waals surface area contributed by atoms with E-state index in [0.29, 0.717) is 18.7 Å². The van der Waals surface area contributed by atoms with Gasteiger partial charge in [0.05, 0.1) is 23.5 Å². The van der Waals surface area contributed by atoms with Crippen LogP contribution in [0.2, 0.25) is 0 Å². The lowest BCUT2D eigenvalue weighted by Gasteiger charge is -2.14. The molecule has 0 saturated carbocycles. The van der Waals surface area contributed by atoms with Crippen molar-refractivity contribution in [1.29, 1.82) is 0 Å². The number of rotatable bonds is 5. The Kier molecular flexibility index (Phi) is 4.46. The number of ether oxygens (including phenoxy) is 1. The van der Waals surface area contributed by atoms with Gasteiger partial charge in [0.2, 0.25) is 0 Å². The quantitative estimate of drug-likeness (QED) is 0.703. The maximum atomic E-state index is 12.3. The number of nitrogens with zero attached hydrogens (tertiary/aromatic N) is 2. The molecule has 0 amide bonds. The van der Waals surface area contributed by atoms with Crippen LogP contribution in [-0.2, 0) is 11.3 Å². The molecule has 0 unspecified atom stereocenters. The molecule has 0 spiro atoms. The molecule has 2 N–H and O–H groups in total. The van der Waals surface area contributed by atoms with Gasteiger partial charge in [-0.05, 0) is 26.8 Å². The summed E-state index contributed by atoms with van der Waals surface area (Å²) in [4.78, 5) is 16.6. The summed E-state index contributed by atoms with van der Waals surface area (Å²) in [6.07, 6.45) is 1.57. The first-order valence-electron chi connectivity index (χ1n) is 7.91. The Morgan fingerprint density at radius 1 is 1.29 bits per heavy atom. The van der Waals surface area contributed by atoms with Crippen molar-refractivity contribution in [2.45, 2.75) is 27.3 Å². The Bertz CT molecular complexity index is 866. The van der Waals surface area contributed by atoms with Crippen LogP contribution in [0.4, 0.5) is 5.69 Å². The second-order valence-corrected chi connectivity index (χ2v) is 5.55. The molecule has 6 nitrogen and oxygen atoms in total. The Hall–Kier alpha value is -2.89. The van der Waals surface area contributed by atoms with Crippen LogP contribution in [0.3, 0.4) is 0 Å². The molecule has 6 heteroatoms. The molecule has 0 bridgehead atoms. The van der Waals surface area contributed by atoms with Crippen molar-refractivity contribution in [1.82, 2.24) is 15.2 Å². The zero-order chi connectivity index (χ0) is 17.1. The van der Waals surface area contributed by atoms with E-state index in [-0.39, 0.29) is 5.97 Å². The van der Waals surface area contributed by atoms with Gasteiger partial charge >= 0.3 is 5.97 Å². The van der Waals surface area contributed by atoms with E-state index in [0.717, 1.165) is 33.5 Å². The Balaban J connectivity index is 2.03. The Morgan fingerprint density at radius 3 is 2.79 bits per heavy atom. The van der Waals surface area contributed by atoms with Gasteiger partial charge in [-0.15, -0.1) is 0 Å². The van der Waals surface area contributed by atoms with Crippen molar-refractivity contribution in [2.24, 2.45) is 0 Å². The molecule has 0 aliphatic heterocycles. The van der Waals surface area contributed by atoms with Gasteiger partial charge < -0.3 is 10.1 Å². The minimum absolute atomic E-state index is 0.324. The third-order valence-corrected chi connectivity index (χ3v) is 3.99. The predicted octanol–water partition coefficient (Wildman–Crippen LogP) is 3.36. The number of carbonyl (C=O) groups excluding carboxylic acids is 1. The summed E-state index contributed by atoms with van der Waals surface area (Å²) < 4.78 is 5.16. The van der Waals surface area contributed by atoms with Crippen LogP contribution in [0.25, 0.3) is 10.9 Å². The smallest absolute Gasteiger partial charge is 0.341 e. The molecule has 24 heavy (non-hydrogen) atoms. The van der Waals surface area contributed by atoms with Gasteiger partial charge in [-0.1, -0.05) is 18.2 Å². The molecule has 3 aromatic rings. The van der Waals surface area contributed by atoms with Gasteiger partial charge in [-0.25, -0.2) is 4.79 Å².